The van der Waals surface area contributed by atoms with E-state index in [1.165, 1.54) is 8.61 Å². The van der Waals surface area contributed by atoms with Gasteiger partial charge in [0.2, 0.25) is 0 Å². The fourth-order valence-electron chi connectivity index (χ4n) is 3.17. The molecule has 0 aromatic carbocycles. The van der Waals surface area contributed by atoms with Crippen molar-refractivity contribution in [2.75, 3.05) is 13.1 Å². The lowest BCUT2D eigenvalue weighted by atomic mass is 9.94. The molecule has 2 rings (SSSR count). The van der Waals surface area contributed by atoms with Crippen LogP contribution in [0.5, 0.6) is 0 Å². The molecule has 0 spiro atoms. The monoisotopic (exact) mass is 304 g/mol. The molecule has 3 atom stereocenters. The summed E-state index contributed by atoms with van der Waals surface area (Å²) in [6.07, 6.45) is 3.86. The van der Waals surface area contributed by atoms with E-state index in [0.717, 1.165) is 25.7 Å². The molecule has 2 fully saturated rings. The summed E-state index contributed by atoms with van der Waals surface area (Å²) in [5.41, 5.74) is 0. The topological polar surface area (TPSA) is 77.9 Å². The Kier molecular flexibility index (Phi) is 4.71. The van der Waals surface area contributed by atoms with Gasteiger partial charge in [-0.25, -0.2) is 0 Å². The molecular weight excluding hydrogens is 280 g/mol. The number of piperidine rings is 2. The molecule has 2 aliphatic heterocycles. The fourth-order valence-corrected chi connectivity index (χ4v) is 5.19. The SMILES string of the molecule is CC1CCN(S(=O)(=O)N2CCCCC2C)C(C(=O)O)C1. The van der Waals surface area contributed by atoms with Gasteiger partial charge < -0.3 is 5.11 Å². The molecule has 2 aliphatic rings. The largest absolute Gasteiger partial charge is 0.480 e. The summed E-state index contributed by atoms with van der Waals surface area (Å²) in [4.78, 5) is 11.4. The van der Waals surface area contributed by atoms with Gasteiger partial charge in [0.1, 0.15) is 6.04 Å². The summed E-state index contributed by atoms with van der Waals surface area (Å²) in [6, 6.07) is -0.958. The van der Waals surface area contributed by atoms with E-state index in [1.807, 2.05) is 13.8 Å². The highest BCUT2D eigenvalue weighted by Gasteiger charge is 2.43. The van der Waals surface area contributed by atoms with Crippen molar-refractivity contribution in [2.24, 2.45) is 5.92 Å². The fraction of sp³-hybridized carbons (Fsp3) is 0.923. The van der Waals surface area contributed by atoms with Crippen LogP contribution in [-0.2, 0) is 15.0 Å². The minimum Gasteiger partial charge on any atom is -0.480 e. The number of hydrogen-bond donors (Lipinski definition) is 1. The van der Waals surface area contributed by atoms with Crippen molar-refractivity contribution in [1.29, 1.82) is 0 Å². The zero-order chi connectivity index (χ0) is 14.9. The van der Waals surface area contributed by atoms with Gasteiger partial charge >= 0.3 is 5.97 Å². The van der Waals surface area contributed by atoms with Crippen LogP contribution in [0.25, 0.3) is 0 Å². The quantitative estimate of drug-likeness (QED) is 0.852. The predicted octanol–water partition coefficient (Wildman–Crippen LogP) is 1.29. The second-order valence-electron chi connectivity index (χ2n) is 6.06. The summed E-state index contributed by atoms with van der Waals surface area (Å²) in [7, 11) is -3.67. The van der Waals surface area contributed by atoms with E-state index >= 15 is 0 Å². The van der Waals surface area contributed by atoms with Crippen molar-refractivity contribution in [3.63, 3.8) is 0 Å². The summed E-state index contributed by atoms with van der Waals surface area (Å²) < 4.78 is 28.2. The van der Waals surface area contributed by atoms with E-state index in [9.17, 15) is 18.3 Å². The normalized spacial score (nSPS) is 34.0. The van der Waals surface area contributed by atoms with Crippen LogP contribution in [0.2, 0.25) is 0 Å². The first-order valence-corrected chi connectivity index (χ1v) is 8.75. The van der Waals surface area contributed by atoms with Crippen LogP contribution in [0, 0.1) is 5.92 Å². The minimum absolute atomic E-state index is 0.0393. The lowest BCUT2D eigenvalue weighted by Gasteiger charge is -2.41. The summed E-state index contributed by atoms with van der Waals surface area (Å²) in [5.74, 6) is -0.786. The number of nitrogens with zero attached hydrogens (tertiary/aromatic N) is 2. The van der Waals surface area contributed by atoms with Gasteiger partial charge in [-0.05, 0) is 38.5 Å². The molecule has 0 amide bonds. The second kappa shape index (κ2) is 5.99. The first kappa shape index (κ1) is 15.7. The van der Waals surface area contributed by atoms with Gasteiger partial charge in [-0.15, -0.1) is 0 Å². The van der Waals surface area contributed by atoms with Gasteiger partial charge in [0.05, 0.1) is 0 Å². The molecule has 0 aromatic heterocycles. The Bertz CT molecular complexity index is 465. The van der Waals surface area contributed by atoms with Crippen LogP contribution in [-0.4, -0.2) is 53.3 Å². The van der Waals surface area contributed by atoms with Crippen LogP contribution in [0.3, 0.4) is 0 Å². The molecule has 1 N–H and O–H groups in total. The predicted molar refractivity (Wildman–Crippen MR) is 75.5 cm³/mol. The van der Waals surface area contributed by atoms with Gasteiger partial charge in [0, 0.05) is 19.1 Å². The summed E-state index contributed by atoms with van der Waals surface area (Å²) >= 11 is 0. The molecule has 0 saturated carbocycles. The maximum absolute atomic E-state index is 12.8. The van der Waals surface area contributed by atoms with Crippen LogP contribution >= 0.6 is 0 Å². The Labute approximate surface area is 120 Å². The third-order valence-electron chi connectivity index (χ3n) is 4.44. The van der Waals surface area contributed by atoms with Gasteiger partial charge in [0.25, 0.3) is 10.2 Å². The molecule has 116 valence electrons. The molecule has 0 aromatic rings. The van der Waals surface area contributed by atoms with E-state index in [2.05, 4.69) is 0 Å². The zero-order valence-electron chi connectivity index (χ0n) is 12.2. The van der Waals surface area contributed by atoms with Crippen molar-refractivity contribution in [2.45, 2.75) is 58.0 Å². The third kappa shape index (κ3) is 2.99. The van der Waals surface area contributed by atoms with Crippen molar-refractivity contribution in [3.8, 4) is 0 Å². The highest BCUT2D eigenvalue weighted by molar-refractivity contribution is 7.86. The van der Waals surface area contributed by atoms with Crippen molar-refractivity contribution < 1.29 is 18.3 Å². The Morgan fingerprint density at radius 2 is 1.80 bits per heavy atom. The number of carboxylic acids is 1. The maximum Gasteiger partial charge on any atom is 0.322 e. The molecule has 2 heterocycles. The van der Waals surface area contributed by atoms with Crippen LogP contribution in [0.15, 0.2) is 0 Å². The Morgan fingerprint density at radius 1 is 1.10 bits per heavy atom. The molecule has 3 unspecified atom stereocenters. The highest BCUT2D eigenvalue weighted by Crippen LogP contribution is 2.29. The van der Waals surface area contributed by atoms with Crippen LogP contribution < -0.4 is 0 Å². The standard InChI is InChI=1S/C13H24N2O4S/c1-10-6-8-15(12(9-10)13(16)17)20(18,19)14-7-4-3-5-11(14)2/h10-12H,3-9H2,1-2H3,(H,16,17). The number of hydrogen-bond acceptors (Lipinski definition) is 3. The number of carbonyl (C=O) groups is 1. The maximum atomic E-state index is 12.8. The van der Waals surface area contributed by atoms with Gasteiger partial charge in [-0.2, -0.15) is 17.0 Å². The molecule has 2 saturated heterocycles. The molecular formula is C13H24N2O4S. The summed E-state index contributed by atoms with van der Waals surface area (Å²) in [6.45, 7) is 4.69. The molecule has 20 heavy (non-hydrogen) atoms. The van der Waals surface area contributed by atoms with Crippen LogP contribution in [0.4, 0.5) is 0 Å². The summed E-state index contributed by atoms with van der Waals surface area (Å²) in [5, 5.41) is 9.33. The number of aliphatic carboxylic acids is 1. The van der Waals surface area contributed by atoms with Gasteiger partial charge in [-0.1, -0.05) is 13.3 Å². The van der Waals surface area contributed by atoms with E-state index in [4.69, 9.17) is 0 Å². The average Bonchev–Trinajstić information content (AvgIpc) is 2.38. The average molecular weight is 304 g/mol. The molecule has 0 aliphatic carbocycles. The third-order valence-corrected chi connectivity index (χ3v) is 6.60. The van der Waals surface area contributed by atoms with E-state index in [1.54, 1.807) is 0 Å². The van der Waals surface area contributed by atoms with Crippen molar-refractivity contribution >= 4 is 16.2 Å². The van der Waals surface area contributed by atoms with Crippen molar-refractivity contribution in [3.05, 3.63) is 0 Å². The van der Waals surface area contributed by atoms with Crippen molar-refractivity contribution in [1.82, 2.24) is 8.61 Å². The van der Waals surface area contributed by atoms with Crippen LogP contribution in [0.1, 0.15) is 46.0 Å². The lowest BCUT2D eigenvalue weighted by Crippen LogP contribution is -2.57. The zero-order valence-corrected chi connectivity index (χ0v) is 13.0. The smallest absolute Gasteiger partial charge is 0.322 e. The Balaban J connectivity index is 2.24. The van der Waals surface area contributed by atoms with E-state index in [0.29, 0.717) is 19.5 Å². The van der Waals surface area contributed by atoms with E-state index < -0.39 is 22.2 Å². The minimum atomic E-state index is -3.67. The lowest BCUT2D eigenvalue weighted by molar-refractivity contribution is -0.143. The number of rotatable bonds is 3. The first-order valence-electron chi connectivity index (χ1n) is 7.35. The molecule has 0 bridgehead atoms. The van der Waals surface area contributed by atoms with Gasteiger partial charge in [0.15, 0.2) is 0 Å². The van der Waals surface area contributed by atoms with E-state index in [-0.39, 0.29) is 12.0 Å². The number of carboxylic acid groups (broad SMARTS) is 1. The Morgan fingerprint density at radius 3 is 2.40 bits per heavy atom. The highest BCUT2D eigenvalue weighted by atomic mass is 32.2. The Hall–Kier alpha value is -0.660. The first-order chi connectivity index (χ1) is 9.34. The molecule has 0 radical (unpaired) electrons. The second-order valence-corrected chi connectivity index (χ2v) is 7.89. The molecule has 6 nitrogen and oxygen atoms in total. The molecule has 7 heteroatoms. The van der Waals surface area contributed by atoms with Gasteiger partial charge in [-0.3, -0.25) is 4.79 Å².